The maximum absolute atomic E-state index is 11.2. The number of aromatic amines is 2. The Balaban J connectivity index is 2.37. The van der Waals surface area contributed by atoms with Gasteiger partial charge in [0.1, 0.15) is 0 Å². The second-order valence-electron chi connectivity index (χ2n) is 4.81. The van der Waals surface area contributed by atoms with Crippen molar-refractivity contribution in [3.8, 4) is 0 Å². The summed E-state index contributed by atoms with van der Waals surface area (Å²) in [5.74, 6) is 0.659. The molecule has 3 N–H and O–H groups in total. The van der Waals surface area contributed by atoms with Gasteiger partial charge in [-0.25, -0.2) is 4.79 Å². The molecule has 0 spiro atoms. The summed E-state index contributed by atoms with van der Waals surface area (Å²) in [6.07, 6.45) is 0. The van der Waals surface area contributed by atoms with Crippen molar-refractivity contribution in [2.24, 2.45) is 0 Å². The smallest absolute Gasteiger partial charge is 0.307 e. The van der Waals surface area contributed by atoms with Gasteiger partial charge in [-0.15, -0.1) is 0 Å². The fourth-order valence-electron chi connectivity index (χ4n) is 1.92. The number of aromatic nitrogens is 2. The summed E-state index contributed by atoms with van der Waals surface area (Å²) in [5.41, 5.74) is 2.73. The summed E-state index contributed by atoms with van der Waals surface area (Å²) >= 11 is 4.14. The highest BCUT2D eigenvalue weighted by Crippen LogP contribution is 2.24. The highest BCUT2D eigenvalue weighted by atomic mass is 32.1. The van der Waals surface area contributed by atoms with Crippen LogP contribution in [-0.2, 0) is 5.41 Å². The summed E-state index contributed by atoms with van der Waals surface area (Å²) in [6.45, 7) is 5.17. The summed E-state index contributed by atoms with van der Waals surface area (Å²) in [5, 5.41) is 3.22. The summed E-state index contributed by atoms with van der Waals surface area (Å²) in [4.78, 5) is 16.7. The van der Waals surface area contributed by atoms with E-state index in [2.05, 4.69) is 41.8 Å². The van der Waals surface area contributed by atoms with Gasteiger partial charge in [-0.3, -0.25) is 0 Å². The normalized spacial score (nSPS) is 12.2. The second kappa shape index (κ2) is 4.58. The van der Waals surface area contributed by atoms with E-state index in [9.17, 15) is 4.79 Å². The van der Waals surface area contributed by atoms with Crippen LogP contribution in [0.5, 0.6) is 0 Å². The average molecular weight is 251 g/mol. The van der Waals surface area contributed by atoms with Crippen molar-refractivity contribution in [1.82, 2.24) is 15.3 Å². The van der Waals surface area contributed by atoms with Crippen LogP contribution in [0.3, 0.4) is 0 Å². The highest BCUT2D eigenvalue weighted by molar-refractivity contribution is 7.80. The second-order valence-corrected chi connectivity index (χ2v) is 5.12. The standard InChI is InChI=1S/C12H17N3OS/c1-12(2,6-13-7-17)8-3-4-9-10(5-8)15-11(16)14-9/h3-5,13,17H,6-7H2,1-2H3,(H2,14,15,16). The van der Waals surface area contributed by atoms with E-state index in [1.807, 2.05) is 18.2 Å². The number of benzene rings is 1. The third-order valence-corrected chi connectivity index (χ3v) is 3.20. The van der Waals surface area contributed by atoms with Gasteiger partial charge in [-0.1, -0.05) is 19.9 Å². The molecule has 0 unspecified atom stereocenters. The molecule has 0 aliphatic heterocycles. The molecule has 0 aliphatic rings. The molecule has 1 aromatic heterocycles. The van der Waals surface area contributed by atoms with E-state index in [0.717, 1.165) is 17.6 Å². The molecule has 17 heavy (non-hydrogen) atoms. The first-order valence-electron chi connectivity index (χ1n) is 5.57. The first-order valence-corrected chi connectivity index (χ1v) is 6.20. The Kier molecular flexibility index (Phi) is 3.31. The van der Waals surface area contributed by atoms with Crippen LogP contribution in [0.25, 0.3) is 11.0 Å². The van der Waals surface area contributed by atoms with Gasteiger partial charge in [0.25, 0.3) is 0 Å². The molecule has 0 saturated heterocycles. The molecule has 0 atom stereocenters. The summed E-state index contributed by atoms with van der Waals surface area (Å²) in [7, 11) is 0. The first kappa shape index (κ1) is 12.3. The predicted octanol–water partition coefficient (Wildman–Crippen LogP) is 1.61. The minimum absolute atomic E-state index is 0.00504. The van der Waals surface area contributed by atoms with Crippen LogP contribution >= 0.6 is 12.6 Å². The Morgan fingerprint density at radius 1 is 1.29 bits per heavy atom. The zero-order valence-corrected chi connectivity index (χ0v) is 10.9. The van der Waals surface area contributed by atoms with Crippen molar-refractivity contribution >= 4 is 23.7 Å². The number of rotatable bonds is 4. The van der Waals surface area contributed by atoms with Gasteiger partial charge >= 0.3 is 5.69 Å². The molecule has 92 valence electrons. The van der Waals surface area contributed by atoms with Gasteiger partial charge in [0.15, 0.2) is 0 Å². The predicted molar refractivity (Wildman–Crippen MR) is 73.8 cm³/mol. The van der Waals surface area contributed by atoms with Gasteiger partial charge in [0.2, 0.25) is 0 Å². The topological polar surface area (TPSA) is 60.7 Å². The van der Waals surface area contributed by atoms with E-state index < -0.39 is 0 Å². The van der Waals surface area contributed by atoms with Crippen molar-refractivity contribution in [2.45, 2.75) is 19.3 Å². The molecule has 0 saturated carbocycles. The van der Waals surface area contributed by atoms with Crippen LogP contribution in [-0.4, -0.2) is 22.4 Å². The molecule has 4 nitrogen and oxygen atoms in total. The SMILES string of the molecule is CC(C)(CNCS)c1ccc2[nH]c(=O)[nH]c2c1. The first-order chi connectivity index (χ1) is 8.03. The Morgan fingerprint density at radius 3 is 2.71 bits per heavy atom. The van der Waals surface area contributed by atoms with Crippen molar-refractivity contribution in [2.75, 3.05) is 12.4 Å². The Bertz CT molecular complexity index is 570. The monoisotopic (exact) mass is 251 g/mol. The summed E-state index contributed by atoms with van der Waals surface area (Å²) in [6, 6.07) is 6.00. The van der Waals surface area contributed by atoms with Crippen LogP contribution < -0.4 is 11.0 Å². The zero-order chi connectivity index (χ0) is 12.5. The lowest BCUT2D eigenvalue weighted by molar-refractivity contribution is 0.491. The van der Waals surface area contributed by atoms with Gasteiger partial charge in [0, 0.05) is 17.8 Å². The van der Waals surface area contributed by atoms with Crippen LogP contribution in [0.1, 0.15) is 19.4 Å². The average Bonchev–Trinajstić information content (AvgIpc) is 2.65. The Hall–Kier alpha value is -1.20. The highest BCUT2D eigenvalue weighted by Gasteiger charge is 2.20. The van der Waals surface area contributed by atoms with E-state index in [-0.39, 0.29) is 11.1 Å². The maximum atomic E-state index is 11.2. The molecule has 2 aromatic rings. The number of H-pyrrole nitrogens is 2. The fraction of sp³-hybridized carbons (Fsp3) is 0.417. The minimum Gasteiger partial charge on any atom is -0.307 e. The lowest BCUT2D eigenvalue weighted by Crippen LogP contribution is -2.32. The van der Waals surface area contributed by atoms with Crippen LogP contribution in [0.15, 0.2) is 23.0 Å². The zero-order valence-electron chi connectivity index (χ0n) is 10.0. The maximum Gasteiger partial charge on any atom is 0.323 e. The molecule has 0 amide bonds. The van der Waals surface area contributed by atoms with Crippen molar-refractivity contribution in [3.05, 3.63) is 34.2 Å². The van der Waals surface area contributed by atoms with Gasteiger partial charge in [0.05, 0.1) is 11.0 Å². The lowest BCUT2D eigenvalue weighted by Gasteiger charge is -2.25. The molecular weight excluding hydrogens is 234 g/mol. The third-order valence-electron chi connectivity index (χ3n) is 2.98. The molecule has 1 aromatic carbocycles. The molecule has 0 radical (unpaired) electrons. The van der Waals surface area contributed by atoms with E-state index in [4.69, 9.17) is 0 Å². The van der Waals surface area contributed by atoms with E-state index in [1.54, 1.807) is 0 Å². The molecule has 2 rings (SSSR count). The Labute approximate surface area is 105 Å². The number of hydrogen-bond acceptors (Lipinski definition) is 3. The quantitative estimate of drug-likeness (QED) is 0.493. The van der Waals surface area contributed by atoms with Crippen molar-refractivity contribution in [3.63, 3.8) is 0 Å². The van der Waals surface area contributed by atoms with Crippen LogP contribution in [0.4, 0.5) is 0 Å². The summed E-state index contributed by atoms with van der Waals surface area (Å²) < 4.78 is 0. The number of fused-ring (bicyclic) bond motifs is 1. The van der Waals surface area contributed by atoms with E-state index in [0.29, 0.717) is 5.88 Å². The largest absolute Gasteiger partial charge is 0.323 e. The third kappa shape index (κ3) is 2.56. The number of imidazole rings is 1. The number of hydrogen-bond donors (Lipinski definition) is 4. The van der Waals surface area contributed by atoms with E-state index in [1.165, 1.54) is 5.56 Å². The van der Waals surface area contributed by atoms with Crippen molar-refractivity contribution < 1.29 is 0 Å². The minimum atomic E-state index is -0.163. The molecule has 0 aliphatic carbocycles. The van der Waals surface area contributed by atoms with E-state index >= 15 is 0 Å². The molecule has 5 heteroatoms. The number of nitrogens with one attached hydrogen (secondary N) is 3. The van der Waals surface area contributed by atoms with Gasteiger partial charge < -0.3 is 15.3 Å². The Morgan fingerprint density at radius 2 is 2.00 bits per heavy atom. The lowest BCUT2D eigenvalue weighted by atomic mass is 9.84. The molecule has 0 bridgehead atoms. The van der Waals surface area contributed by atoms with Crippen LogP contribution in [0, 0.1) is 0 Å². The molecule has 0 fully saturated rings. The van der Waals surface area contributed by atoms with Gasteiger partial charge in [-0.05, 0) is 17.7 Å². The number of thiol groups is 1. The fourth-order valence-corrected chi connectivity index (χ4v) is 2.04. The molecule has 1 heterocycles. The van der Waals surface area contributed by atoms with Gasteiger partial charge in [-0.2, -0.15) is 12.6 Å². The van der Waals surface area contributed by atoms with Crippen molar-refractivity contribution in [1.29, 1.82) is 0 Å². The molecular formula is C12H17N3OS. The van der Waals surface area contributed by atoms with Crippen LogP contribution in [0.2, 0.25) is 0 Å².